The van der Waals surface area contributed by atoms with Crippen molar-refractivity contribution in [2.75, 3.05) is 5.32 Å². The van der Waals surface area contributed by atoms with Crippen LogP contribution in [0.3, 0.4) is 0 Å². The molecule has 1 N–H and O–H groups in total. The highest BCUT2D eigenvalue weighted by Gasteiger charge is 2.27. The van der Waals surface area contributed by atoms with E-state index in [0.29, 0.717) is 28.6 Å². The van der Waals surface area contributed by atoms with Crippen LogP contribution in [0, 0.1) is 13.8 Å². The van der Waals surface area contributed by atoms with E-state index in [1.165, 1.54) is 0 Å². The van der Waals surface area contributed by atoms with E-state index in [9.17, 15) is 9.59 Å². The molecular formula is C20H29N5O2. The molecule has 0 aliphatic heterocycles. The molecule has 0 fully saturated rings. The van der Waals surface area contributed by atoms with Gasteiger partial charge >= 0.3 is 0 Å². The lowest BCUT2D eigenvalue weighted by molar-refractivity contribution is -0.112. The lowest BCUT2D eigenvalue weighted by atomic mass is 9.90. The molecular weight excluding hydrogens is 342 g/mol. The summed E-state index contributed by atoms with van der Waals surface area (Å²) < 4.78 is 1.59. The Bertz CT molecular complexity index is 866. The predicted molar refractivity (Wildman–Crippen MR) is 105 cm³/mol. The van der Waals surface area contributed by atoms with Crippen LogP contribution in [0.2, 0.25) is 0 Å². The summed E-state index contributed by atoms with van der Waals surface area (Å²) in [5, 5.41) is 6.86. The third-order valence-electron chi connectivity index (χ3n) is 4.35. The van der Waals surface area contributed by atoms with E-state index < -0.39 is 11.7 Å². The predicted octanol–water partition coefficient (Wildman–Crippen LogP) is 3.24. The van der Waals surface area contributed by atoms with E-state index in [0.717, 1.165) is 5.69 Å². The van der Waals surface area contributed by atoms with Gasteiger partial charge in [-0.15, -0.1) is 0 Å². The van der Waals surface area contributed by atoms with Crippen molar-refractivity contribution in [1.82, 2.24) is 19.7 Å². The largest absolute Gasteiger partial charge is 0.304 e. The number of aryl methyl sites for hydroxylation is 2. The van der Waals surface area contributed by atoms with Gasteiger partial charge in [0.05, 0.1) is 17.0 Å². The van der Waals surface area contributed by atoms with Crippen molar-refractivity contribution in [2.45, 2.75) is 66.2 Å². The zero-order valence-electron chi connectivity index (χ0n) is 17.7. The normalized spacial score (nSPS) is 12.2. The van der Waals surface area contributed by atoms with Crippen LogP contribution >= 0.6 is 0 Å². The summed E-state index contributed by atoms with van der Waals surface area (Å²) in [5.41, 5.74) is 1.81. The topological polar surface area (TPSA) is 89.8 Å². The Morgan fingerprint density at radius 1 is 1.00 bits per heavy atom. The first-order chi connectivity index (χ1) is 12.2. The molecule has 0 aliphatic rings. The molecule has 0 bridgehead atoms. The number of amides is 1. The van der Waals surface area contributed by atoms with Crippen LogP contribution in [-0.2, 0) is 22.7 Å². The molecule has 0 saturated heterocycles. The summed E-state index contributed by atoms with van der Waals surface area (Å²) in [7, 11) is 1.74. The average molecular weight is 371 g/mol. The number of rotatable bonds is 3. The molecule has 2 heterocycles. The van der Waals surface area contributed by atoms with E-state index in [-0.39, 0.29) is 10.8 Å². The van der Waals surface area contributed by atoms with Crippen LogP contribution in [-0.4, -0.2) is 31.4 Å². The molecule has 2 rings (SSSR count). The molecule has 146 valence electrons. The molecule has 0 spiro atoms. The first-order valence-corrected chi connectivity index (χ1v) is 8.97. The number of hydrogen-bond acceptors (Lipinski definition) is 5. The van der Waals surface area contributed by atoms with Gasteiger partial charge in [0.2, 0.25) is 0 Å². The first-order valence-electron chi connectivity index (χ1n) is 8.97. The SMILES string of the molecule is Cc1nn(C)c(C)c1C(=O)C(=O)Nc1cc(C(C)(C)C)nc(C(C)(C)C)n1. The highest BCUT2D eigenvalue weighted by Crippen LogP contribution is 2.27. The smallest absolute Gasteiger partial charge is 0.298 e. The quantitative estimate of drug-likeness (QED) is 0.661. The van der Waals surface area contributed by atoms with Crippen LogP contribution in [0.1, 0.15) is 74.8 Å². The van der Waals surface area contributed by atoms with Crippen LogP contribution in [0.5, 0.6) is 0 Å². The zero-order chi connectivity index (χ0) is 20.7. The Morgan fingerprint density at radius 2 is 1.59 bits per heavy atom. The number of nitrogens with zero attached hydrogens (tertiary/aromatic N) is 4. The van der Waals surface area contributed by atoms with Crippen molar-refractivity contribution < 1.29 is 9.59 Å². The number of Topliss-reactive ketones (excluding diaryl/α,β-unsaturated/α-hetero) is 1. The summed E-state index contributed by atoms with van der Waals surface area (Å²) in [6.07, 6.45) is 0. The monoisotopic (exact) mass is 371 g/mol. The van der Waals surface area contributed by atoms with Gasteiger partial charge in [-0.3, -0.25) is 14.3 Å². The number of anilines is 1. The number of carbonyl (C=O) groups is 2. The second kappa shape index (κ2) is 6.87. The molecule has 0 saturated carbocycles. The molecule has 0 atom stereocenters. The summed E-state index contributed by atoms with van der Waals surface area (Å²) in [5.74, 6) is -0.400. The summed E-state index contributed by atoms with van der Waals surface area (Å²) in [4.78, 5) is 34.4. The molecule has 1 amide bonds. The van der Waals surface area contributed by atoms with Gasteiger partial charge in [-0.05, 0) is 13.8 Å². The lowest BCUT2D eigenvalue weighted by Crippen LogP contribution is -2.27. The van der Waals surface area contributed by atoms with Gasteiger partial charge in [0.15, 0.2) is 0 Å². The minimum atomic E-state index is -0.729. The van der Waals surface area contributed by atoms with Gasteiger partial charge in [-0.1, -0.05) is 41.5 Å². The summed E-state index contributed by atoms with van der Waals surface area (Å²) in [6, 6.07) is 1.73. The second-order valence-corrected chi connectivity index (χ2v) is 8.91. The van der Waals surface area contributed by atoms with Gasteiger partial charge < -0.3 is 5.32 Å². The lowest BCUT2D eigenvalue weighted by Gasteiger charge is -2.23. The van der Waals surface area contributed by atoms with Gasteiger partial charge in [-0.25, -0.2) is 9.97 Å². The van der Waals surface area contributed by atoms with Crippen LogP contribution in [0.4, 0.5) is 5.82 Å². The number of nitrogens with one attached hydrogen (secondary N) is 1. The van der Waals surface area contributed by atoms with Crippen molar-refractivity contribution in [1.29, 1.82) is 0 Å². The number of carbonyl (C=O) groups excluding carboxylic acids is 2. The van der Waals surface area contributed by atoms with Crippen molar-refractivity contribution in [3.63, 3.8) is 0 Å². The Hall–Kier alpha value is -2.57. The van der Waals surface area contributed by atoms with Gasteiger partial charge in [-0.2, -0.15) is 5.10 Å². The minimum Gasteiger partial charge on any atom is -0.304 e. The van der Waals surface area contributed by atoms with Crippen LogP contribution < -0.4 is 5.32 Å². The van der Waals surface area contributed by atoms with Crippen LogP contribution in [0.25, 0.3) is 0 Å². The fraction of sp³-hybridized carbons (Fsp3) is 0.550. The fourth-order valence-electron chi connectivity index (χ4n) is 2.62. The number of ketones is 1. The average Bonchev–Trinajstić information content (AvgIpc) is 2.77. The highest BCUT2D eigenvalue weighted by atomic mass is 16.2. The van der Waals surface area contributed by atoms with E-state index in [1.54, 1.807) is 31.6 Å². The summed E-state index contributed by atoms with van der Waals surface area (Å²) >= 11 is 0. The van der Waals surface area contributed by atoms with E-state index >= 15 is 0 Å². The Morgan fingerprint density at radius 3 is 2.04 bits per heavy atom. The minimum absolute atomic E-state index is 0.219. The second-order valence-electron chi connectivity index (χ2n) is 8.91. The molecule has 27 heavy (non-hydrogen) atoms. The Kier molecular flexibility index (Phi) is 5.27. The maximum Gasteiger partial charge on any atom is 0.298 e. The van der Waals surface area contributed by atoms with E-state index in [4.69, 9.17) is 0 Å². The number of aromatic nitrogens is 4. The number of hydrogen-bond donors (Lipinski definition) is 1. The van der Waals surface area contributed by atoms with Crippen molar-refractivity contribution in [2.24, 2.45) is 7.05 Å². The van der Waals surface area contributed by atoms with E-state index in [2.05, 4.69) is 20.4 Å². The molecule has 2 aromatic heterocycles. The molecule has 0 aliphatic carbocycles. The van der Waals surface area contributed by atoms with Crippen LogP contribution in [0.15, 0.2) is 6.07 Å². The third kappa shape index (κ3) is 4.40. The molecule has 2 aromatic rings. The third-order valence-corrected chi connectivity index (χ3v) is 4.35. The van der Waals surface area contributed by atoms with Gasteiger partial charge in [0.25, 0.3) is 11.7 Å². The van der Waals surface area contributed by atoms with Crippen molar-refractivity contribution >= 4 is 17.5 Å². The maximum atomic E-state index is 12.7. The molecule has 0 aromatic carbocycles. The van der Waals surface area contributed by atoms with Gasteiger partial charge in [0, 0.05) is 29.6 Å². The molecule has 7 heteroatoms. The van der Waals surface area contributed by atoms with Crippen molar-refractivity contribution in [3.05, 3.63) is 34.5 Å². The maximum absolute atomic E-state index is 12.7. The first kappa shape index (κ1) is 20.7. The van der Waals surface area contributed by atoms with E-state index in [1.807, 2.05) is 41.5 Å². The summed E-state index contributed by atoms with van der Waals surface area (Å²) in [6.45, 7) is 15.6. The Labute approximate surface area is 160 Å². The van der Waals surface area contributed by atoms with Gasteiger partial charge in [0.1, 0.15) is 11.6 Å². The molecule has 0 radical (unpaired) electrons. The zero-order valence-corrected chi connectivity index (χ0v) is 17.7. The fourth-order valence-corrected chi connectivity index (χ4v) is 2.62. The molecule has 0 unspecified atom stereocenters. The van der Waals surface area contributed by atoms with Crippen molar-refractivity contribution in [3.8, 4) is 0 Å². The Balaban J connectivity index is 2.41. The highest BCUT2D eigenvalue weighted by molar-refractivity contribution is 6.46. The molecule has 7 nitrogen and oxygen atoms in total. The standard InChI is InChI=1S/C20H29N5O2/c1-11-15(12(2)25(9)24-11)16(26)17(27)22-14-10-13(19(3,4)5)21-18(23-14)20(6,7)8/h10H,1-9H3,(H,21,22,23,27).